The Bertz CT molecular complexity index is 204. The van der Waals surface area contributed by atoms with Gasteiger partial charge in [-0.3, -0.25) is 0 Å². The lowest BCUT2D eigenvalue weighted by molar-refractivity contribution is -0.156. The number of aliphatic hydroxyl groups is 1. The Hall–Kier alpha value is -0.290. The van der Waals surface area contributed by atoms with Gasteiger partial charge in [-0.1, -0.05) is 13.8 Å². The van der Waals surface area contributed by atoms with E-state index in [1.165, 1.54) is 0 Å². The Labute approximate surface area is 74.9 Å². The van der Waals surface area contributed by atoms with Crippen molar-refractivity contribution in [2.45, 2.75) is 25.6 Å². The largest absolute Gasteiger partial charge is 0.394 e. The van der Waals surface area contributed by atoms with Gasteiger partial charge in [-0.2, -0.15) is 13.2 Å². The van der Waals surface area contributed by atoms with Crippen LogP contribution in [0.5, 0.6) is 0 Å². The van der Waals surface area contributed by atoms with Crippen LogP contribution in [0.4, 0.5) is 13.2 Å². The molecule has 0 aromatic heterocycles. The van der Waals surface area contributed by atoms with Gasteiger partial charge in [0.1, 0.15) is 0 Å². The average Bonchev–Trinajstić information content (AvgIpc) is 2.57. The number of nitrogens with two attached hydrogens (primary N) is 1. The van der Waals surface area contributed by atoms with E-state index in [0.717, 1.165) is 0 Å². The van der Waals surface area contributed by atoms with E-state index < -0.39 is 30.2 Å². The van der Waals surface area contributed by atoms with Gasteiger partial charge in [0.15, 0.2) is 0 Å². The lowest BCUT2D eigenvalue weighted by Crippen LogP contribution is -2.35. The van der Waals surface area contributed by atoms with Crippen LogP contribution in [-0.2, 0) is 0 Å². The fourth-order valence-corrected chi connectivity index (χ4v) is 2.21. The van der Waals surface area contributed by atoms with Crippen molar-refractivity contribution in [3.8, 4) is 0 Å². The molecule has 1 saturated carbocycles. The fraction of sp³-hybridized carbons (Fsp3) is 1.00. The third-order valence-corrected chi connectivity index (χ3v) is 2.79. The molecule has 0 aromatic rings. The van der Waals surface area contributed by atoms with Crippen LogP contribution in [-0.4, -0.2) is 23.4 Å². The summed E-state index contributed by atoms with van der Waals surface area (Å²) in [5, 5.41) is 8.79. The number of alkyl halides is 3. The van der Waals surface area contributed by atoms with Crippen LogP contribution in [0.15, 0.2) is 0 Å². The van der Waals surface area contributed by atoms with Crippen LogP contribution in [0.1, 0.15) is 13.8 Å². The predicted molar refractivity (Wildman–Crippen MR) is 41.9 cm³/mol. The van der Waals surface area contributed by atoms with Crippen molar-refractivity contribution in [2.75, 3.05) is 6.61 Å². The average molecular weight is 197 g/mol. The molecular weight excluding hydrogens is 183 g/mol. The van der Waals surface area contributed by atoms with Crippen LogP contribution in [0.2, 0.25) is 0 Å². The van der Waals surface area contributed by atoms with Crippen molar-refractivity contribution in [3.05, 3.63) is 0 Å². The molecule has 0 heterocycles. The maximum absolute atomic E-state index is 12.3. The summed E-state index contributed by atoms with van der Waals surface area (Å²) in [7, 11) is 0. The van der Waals surface area contributed by atoms with Crippen molar-refractivity contribution < 1.29 is 18.3 Å². The first-order valence-corrected chi connectivity index (χ1v) is 4.21. The second kappa shape index (κ2) is 2.85. The zero-order valence-corrected chi connectivity index (χ0v) is 7.60. The normalized spacial score (nSPS) is 39.7. The Kier molecular flexibility index (Phi) is 2.37. The molecular formula is C8H14F3NO. The zero-order valence-electron chi connectivity index (χ0n) is 7.60. The van der Waals surface area contributed by atoms with Gasteiger partial charge in [-0.25, -0.2) is 0 Å². The van der Waals surface area contributed by atoms with E-state index in [4.69, 9.17) is 10.8 Å². The molecule has 0 aromatic carbocycles. The first kappa shape index (κ1) is 10.8. The van der Waals surface area contributed by atoms with E-state index in [-0.39, 0.29) is 5.92 Å². The molecule has 78 valence electrons. The first-order valence-electron chi connectivity index (χ1n) is 4.21. The van der Waals surface area contributed by atoms with Crippen molar-refractivity contribution in [2.24, 2.45) is 23.5 Å². The highest BCUT2D eigenvalue weighted by atomic mass is 19.4. The van der Waals surface area contributed by atoms with Crippen LogP contribution < -0.4 is 5.73 Å². The van der Waals surface area contributed by atoms with E-state index in [9.17, 15) is 13.2 Å². The monoisotopic (exact) mass is 197 g/mol. The van der Waals surface area contributed by atoms with E-state index in [1.807, 2.05) is 0 Å². The summed E-state index contributed by atoms with van der Waals surface area (Å²) in [5.41, 5.74) is 4.01. The van der Waals surface area contributed by atoms with Crippen LogP contribution in [0.3, 0.4) is 0 Å². The van der Waals surface area contributed by atoms with Gasteiger partial charge in [0, 0.05) is 0 Å². The highest BCUT2D eigenvalue weighted by molar-refractivity contribution is 5.19. The lowest BCUT2D eigenvalue weighted by Gasteiger charge is -2.09. The minimum absolute atomic E-state index is 0.149. The topological polar surface area (TPSA) is 46.2 Å². The maximum atomic E-state index is 12.3. The molecule has 0 aliphatic heterocycles. The van der Waals surface area contributed by atoms with Crippen molar-refractivity contribution in [1.29, 1.82) is 0 Å². The summed E-state index contributed by atoms with van der Waals surface area (Å²) in [4.78, 5) is 0. The van der Waals surface area contributed by atoms with E-state index in [0.29, 0.717) is 0 Å². The molecule has 0 spiro atoms. The first-order chi connectivity index (χ1) is 5.75. The Morgan fingerprint density at radius 3 is 2.00 bits per heavy atom. The highest BCUT2D eigenvalue weighted by Crippen LogP contribution is 2.59. The third kappa shape index (κ3) is 1.55. The van der Waals surface area contributed by atoms with E-state index in [1.54, 1.807) is 13.8 Å². The number of hydrogen-bond donors (Lipinski definition) is 2. The van der Waals surface area contributed by atoms with Crippen molar-refractivity contribution >= 4 is 0 Å². The number of aliphatic hydroxyl groups excluding tert-OH is 1. The van der Waals surface area contributed by atoms with Crippen LogP contribution in [0, 0.1) is 17.8 Å². The maximum Gasteiger partial charge on any atom is 0.394 e. The minimum Gasteiger partial charge on any atom is -0.394 e. The van der Waals surface area contributed by atoms with Crippen molar-refractivity contribution in [3.63, 3.8) is 0 Å². The summed E-state index contributed by atoms with van der Waals surface area (Å²) < 4.78 is 37.0. The summed E-state index contributed by atoms with van der Waals surface area (Å²) >= 11 is 0. The van der Waals surface area contributed by atoms with E-state index >= 15 is 0 Å². The fourth-order valence-electron chi connectivity index (χ4n) is 2.21. The quantitative estimate of drug-likeness (QED) is 0.697. The Morgan fingerprint density at radius 2 is 1.92 bits per heavy atom. The molecule has 13 heavy (non-hydrogen) atoms. The summed E-state index contributed by atoms with van der Waals surface area (Å²) in [5.74, 6) is -2.33. The molecule has 2 nitrogen and oxygen atoms in total. The molecule has 0 saturated heterocycles. The standard InChI is InChI=1S/C8H14F3NO/c1-4(2)5-6(8(9,10)11)7(5,12)3-13/h4-6,13H,3,12H2,1-2H3/t5-,6-,7-/m1/s1. The molecule has 0 radical (unpaired) electrons. The number of rotatable bonds is 2. The molecule has 0 bridgehead atoms. The SMILES string of the molecule is CC(C)[C@@H]1[C@@H](C(F)(F)F)[C@@]1(N)CO. The molecule has 1 rings (SSSR count). The second-order valence-corrected chi connectivity index (χ2v) is 4.06. The second-order valence-electron chi connectivity index (χ2n) is 4.06. The number of hydrogen-bond acceptors (Lipinski definition) is 2. The van der Waals surface area contributed by atoms with Crippen LogP contribution >= 0.6 is 0 Å². The molecule has 3 N–H and O–H groups in total. The van der Waals surface area contributed by atoms with Gasteiger partial charge < -0.3 is 10.8 Å². The minimum atomic E-state index is -4.29. The summed E-state index contributed by atoms with van der Waals surface area (Å²) in [6.07, 6.45) is -4.29. The van der Waals surface area contributed by atoms with Gasteiger partial charge in [0.25, 0.3) is 0 Å². The lowest BCUT2D eigenvalue weighted by atomic mass is 10.0. The number of halogens is 3. The molecule has 0 unspecified atom stereocenters. The Morgan fingerprint density at radius 1 is 1.46 bits per heavy atom. The Balaban J connectivity index is 2.80. The molecule has 1 aliphatic rings. The van der Waals surface area contributed by atoms with Gasteiger partial charge in [-0.05, 0) is 11.8 Å². The molecule has 1 fully saturated rings. The van der Waals surface area contributed by atoms with Gasteiger partial charge >= 0.3 is 6.18 Å². The summed E-state index contributed by atoms with van der Waals surface area (Å²) in [6, 6.07) is 0. The molecule has 0 amide bonds. The zero-order chi connectivity index (χ0) is 10.4. The smallest absolute Gasteiger partial charge is 0.394 e. The van der Waals surface area contributed by atoms with Crippen molar-refractivity contribution in [1.82, 2.24) is 0 Å². The van der Waals surface area contributed by atoms with Gasteiger partial charge in [0.2, 0.25) is 0 Å². The van der Waals surface area contributed by atoms with Gasteiger partial charge in [-0.15, -0.1) is 0 Å². The molecule has 1 aliphatic carbocycles. The molecule has 5 heteroatoms. The van der Waals surface area contributed by atoms with E-state index in [2.05, 4.69) is 0 Å². The van der Waals surface area contributed by atoms with Gasteiger partial charge in [0.05, 0.1) is 18.1 Å². The molecule has 3 atom stereocenters. The highest BCUT2D eigenvalue weighted by Gasteiger charge is 2.73. The predicted octanol–water partition coefficient (Wildman–Crippen LogP) is 1.14. The summed E-state index contributed by atoms with van der Waals surface area (Å²) in [6.45, 7) is 2.78. The third-order valence-electron chi connectivity index (χ3n) is 2.79. The van der Waals surface area contributed by atoms with Crippen LogP contribution in [0.25, 0.3) is 0 Å².